The Morgan fingerprint density at radius 2 is 1.92 bits per heavy atom. The summed E-state index contributed by atoms with van der Waals surface area (Å²) in [6.07, 6.45) is 1.57. The van der Waals surface area contributed by atoms with Gasteiger partial charge in [-0.2, -0.15) is 12.0 Å². The summed E-state index contributed by atoms with van der Waals surface area (Å²) in [5, 5.41) is 0. The molecule has 72 valence electrons. The molecule has 0 aliphatic rings. The van der Waals surface area contributed by atoms with Crippen LogP contribution in [0.3, 0.4) is 0 Å². The number of aryl methyl sites for hydroxylation is 1. The van der Waals surface area contributed by atoms with Crippen LogP contribution >= 0.6 is 12.0 Å². The Bertz CT molecular complexity index is 384. The standard InChI is InChI=1S/C8H10O3S2/c1-7-5-3-4-6-8(7)13(9,10)11-12-2/h3-6H,1-2H3. The van der Waals surface area contributed by atoms with E-state index >= 15 is 0 Å². The minimum absolute atomic E-state index is 0.226. The maximum Gasteiger partial charge on any atom is 0.307 e. The van der Waals surface area contributed by atoms with E-state index in [1.165, 1.54) is 6.07 Å². The molecule has 1 aromatic carbocycles. The van der Waals surface area contributed by atoms with Crippen molar-refractivity contribution in [2.24, 2.45) is 0 Å². The van der Waals surface area contributed by atoms with Gasteiger partial charge in [0.15, 0.2) is 0 Å². The molecule has 0 fully saturated rings. The van der Waals surface area contributed by atoms with Gasteiger partial charge in [0.25, 0.3) is 0 Å². The van der Waals surface area contributed by atoms with E-state index in [0.717, 1.165) is 12.0 Å². The fourth-order valence-electron chi connectivity index (χ4n) is 0.963. The van der Waals surface area contributed by atoms with Crippen LogP contribution < -0.4 is 0 Å². The van der Waals surface area contributed by atoms with Crippen LogP contribution in [0, 0.1) is 6.92 Å². The van der Waals surface area contributed by atoms with Gasteiger partial charge in [-0.15, -0.1) is 0 Å². The Kier molecular flexibility index (Phi) is 3.35. The van der Waals surface area contributed by atoms with Gasteiger partial charge >= 0.3 is 10.1 Å². The first-order valence-electron chi connectivity index (χ1n) is 3.61. The molecule has 1 rings (SSSR count). The van der Waals surface area contributed by atoms with Gasteiger partial charge in [0.1, 0.15) is 0 Å². The molecule has 0 aromatic heterocycles. The fraction of sp³-hybridized carbons (Fsp3) is 0.250. The van der Waals surface area contributed by atoms with Crippen LogP contribution in [0.25, 0.3) is 0 Å². The van der Waals surface area contributed by atoms with Gasteiger partial charge in [-0.25, -0.2) is 0 Å². The SMILES string of the molecule is CSOS(=O)(=O)c1ccccc1C. The van der Waals surface area contributed by atoms with Crippen LogP contribution in [0.15, 0.2) is 29.2 Å². The molecule has 0 amide bonds. The molecule has 0 aliphatic carbocycles. The molecule has 0 saturated heterocycles. The van der Waals surface area contributed by atoms with E-state index in [4.69, 9.17) is 0 Å². The maximum atomic E-state index is 11.4. The van der Waals surface area contributed by atoms with Crippen LogP contribution in [-0.2, 0) is 13.7 Å². The van der Waals surface area contributed by atoms with E-state index in [0.29, 0.717) is 5.56 Å². The van der Waals surface area contributed by atoms with Gasteiger partial charge in [-0.05, 0) is 18.6 Å². The van der Waals surface area contributed by atoms with Crippen LogP contribution in [0.4, 0.5) is 0 Å². The van der Waals surface area contributed by atoms with Crippen molar-refractivity contribution in [2.45, 2.75) is 11.8 Å². The molecule has 3 nitrogen and oxygen atoms in total. The molecule has 0 N–H and O–H groups in total. The summed E-state index contributed by atoms with van der Waals surface area (Å²) >= 11 is 0.824. The van der Waals surface area contributed by atoms with Crippen molar-refractivity contribution in [3.8, 4) is 0 Å². The highest BCUT2D eigenvalue weighted by Gasteiger charge is 2.16. The zero-order chi connectivity index (χ0) is 9.90. The molecule has 0 unspecified atom stereocenters. The minimum Gasteiger partial charge on any atom is -0.194 e. The van der Waals surface area contributed by atoms with E-state index < -0.39 is 10.1 Å². The van der Waals surface area contributed by atoms with E-state index in [1.807, 2.05) is 0 Å². The third-order valence-electron chi connectivity index (χ3n) is 1.52. The smallest absolute Gasteiger partial charge is 0.194 e. The molecule has 0 heterocycles. The van der Waals surface area contributed by atoms with E-state index in [1.54, 1.807) is 31.4 Å². The second-order valence-electron chi connectivity index (χ2n) is 2.45. The Morgan fingerprint density at radius 3 is 2.46 bits per heavy atom. The Hall–Kier alpha value is -0.520. The molecule has 5 heteroatoms. The van der Waals surface area contributed by atoms with E-state index in [2.05, 4.69) is 3.63 Å². The lowest BCUT2D eigenvalue weighted by molar-refractivity contribution is 0.518. The zero-order valence-corrected chi connectivity index (χ0v) is 8.98. The predicted octanol–water partition coefficient (Wildman–Crippen LogP) is 1.98. The summed E-state index contributed by atoms with van der Waals surface area (Å²) in [5.41, 5.74) is 0.691. The maximum absolute atomic E-state index is 11.4. The van der Waals surface area contributed by atoms with Gasteiger partial charge in [-0.3, -0.25) is 0 Å². The largest absolute Gasteiger partial charge is 0.307 e. The third kappa shape index (κ3) is 2.46. The Morgan fingerprint density at radius 1 is 1.31 bits per heavy atom. The molecule has 0 radical (unpaired) electrons. The van der Waals surface area contributed by atoms with Crippen molar-refractivity contribution in [3.05, 3.63) is 29.8 Å². The number of rotatable bonds is 3. The van der Waals surface area contributed by atoms with Gasteiger partial charge in [0.05, 0.1) is 4.90 Å². The first kappa shape index (κ1) is 10.6. The van der Waals surface area contributed by atoms with Crippen molar-refractivity contribution in [1.29, 1.82) is 0 Å². The molecule has 1 aromatic rings. The first-order valence-corrected chi connectivity index (χ1v) is 6.16. The highest BCUT2D eigenvalue weighted by Crippen LogP contribution is 2.19. The minimum atomic E-state index is -3.58. The van der Waals surface area contributed by atoms with Crippen LogP contribution in [-0.4, -0.2) is 14.7 Å². The van der Waals surface area contributed by atoms with Crippen molar-refractivity contribution >= 4 is 22.2 Å². The topological polar surface area (TPSA) is 43.4 Å². The lowest BCUT2D eigenvalue weighted by atomic mass is 10.2. The number of hydrogen-bond acceptors (Lipinski definition) is 4. The molecule has 13 heavy (non-hydrogen) atoms. The summed E-state index contributed by atoms with van der Waals surface area (Å²) < 4.78 is 27.4. The summed E-state index contributed by atoms with van der Waals surface area (Å²) in [4.78, 5) is 0.226. The van der Waals surface area contributed by atoms with Crippen LogP contribution in [0.5, 0.6) is 0 Å². The average Bonchev–Trinajstić information content (AvgIpc) is 2.04. The Labute approximate surface area is 82.4 Å². The second-order valence-corrected chi connectivity index (χ2v) is 4.68. The quantitative estimate of drug-likeness (QED) is 0.728. The van der Waals surface area contributed by atoms with Crippen molar-refractivity contribution in [1.82, 2.24) is 0 Å². The van der Waals surface area contributed by atoms with Crippen molar-refractivity contribution in [2.75, 3.05) is 6.26 Å². The van der Waals surface area contributed by atoms with E-state index in [9.17, 15) is 8.42 Å². The lowest BCUT2D eigenvalue weighted by Crippen LogP contribution is -2.03. The van der Waals surface area contributed by atoms with Crippen molar-refractivity contribution in [3.63, 3.8) is 0 Å². The van der Waals surface area contributed by atoms with Gasteiger partial charge < -0.3 is 0 Å². The molecule has 0 atom stereocenters. The summed E-state index contributed by atoms with van der Waals surface area (Å²) in [5.74, 6) is 0. The number of benzene rings is 1. The molecule has 0 bridgehead atoms. The average molecular weight is 218 g/mol. The Balaban J connectivity index is 3.15. The molecule has 0 aliphatic heterocycles. The monoisotopic (exact) mass is 218 g/mol. The second kappa shape index (κ2) is 4.13. The van der Waals surface area contributed by atoms with Gasteiger partial charge in [0, 0.05) is 18.3 Å². The lowest BCUT2D eigenvalue weighted by Gasteiger charge is -2.04. The zero-order valence-electron chi connectivity index (χ0n) is 7.35. The normalized spacial score (nSPS) is 11.5. The van der Waals surface area contributed by atoms with Gasteiger partial charge in [0.2, 0.25) is 0 Å². The highest BCUT2D eigenvalue weighted by atomic mass is 32.3. The van der Waals surface area contributed by atoms with Crippen LogP contribution in [0.2, 0.25) is 0 Å². The molecular formula is C8H10O3S2. The number of hydrogen-bond donors (Lipinski definition) is 0. The van der Waals surface area contributed by atoms with Crippen molar-refractivity contribution < 1.29 is 12.0 Å². The summed E-state index contributed by atoms with van der Waals surface area (Å²) in [7, 11) is -3.58. The predicted molar refractivity (Wildman–Crippen MR) is 53.0 cm³/mol. The van der Waals surface area contributed by atoms with Gasteiger partial charge in [-0.1, -0.05) is 18.2 Å². The fourth-order valence-corrected chi connectivity index (χ4v) is 2.68. The molecular weight excluding hydrogens is 208 g/mol. The van der Waals surface area contributed by atoms with E-state index in [-0.39, 0.29) is 4.90 Å². The first-order chi connectivity index (χ1) is 6.08. The molecule has 0 spiro atoms. The van der Waals surface area contributed by atoms with Crippen LogP contribution in [0.1, 0.15) is 5.56 Å². The third-order valence-corrected chi connectivity index (χ3v) is 3.78. The molecule has 0 saturated carbocycles. The summed E-state index contributed by atoms with van der Waals surface area (Å²) in [6.45, 7) is 1.73. The summed E-state index contributed by atoms with van der Waals surface area (Å²) in [6, 6.07) is 6.72. The highest BCUT2D eigenvalue weighted by molar-refractivity contribution is 8.04.